The zero-order valence-electron chi connectivity index (χ0n) is 17.8. The van der Waals surface area contributed by atoms with Gasteiger partial charge in [0.1, 0.15) is 0 Å². The number of fused-ring (bicyclic) bond motifs is 6. The Labute approximate surface area is 195 Å². The minimum Gasteiger partial charge on any atom is -0.399 e. The molecule has 7 rings (SSSR count). The number of nitrogen functional groups attached to an aromatic ring is 1. The largest absolute Gasteiger partial charge is 0.399 e. The molecule has 7 aromatic rings. The van der Waals surface area contributed by atoms with Gasteiger partial charge in [0.05, 0.1) is 16.7 Å². The number of nitrogens with two attached hydrogens (primary N) is 1. The van der Waals surface area contributed by atoms with E-state index in [0.29, 0.717) is 0 Å². The highest BCUT2D eigenvalue weighted by Gasteiger charge is 2.18. The monoisotopic (exact) mass is 440 g/mol. The summed E-state index contributed by atoms with van der Waals surface area (Å²) in [7, 11) is 0. The third-order valence-electron chi connectivity index (χ3n) is 6.54. The Morgan fingerprint density at radius 2 is 1.18 bits per heavy atom. The molecular weight excluding hydrogens is 420 g/mol. The van der Waals surface area contributed by atoms with E-state index in [-0.39, 0.29) is 0 Å². The van der Waals surface area contributed by atoms with Gasteiger partial charge in [-0.15, -0.1) is 11.3 Å². The second-order valence-electron chi connectivity index (χ2n) is 8.43. The second kappa shape index (κ2) is 6.96. The van der Waals surface area contributed by atoms with Crippen molar-refractivity contribution >= 4 is 59.0 Å². The number of benzene rings is 5. The highest BCUT2D eigenvalue weighted by atomic mass is 32.1. The maximum absolute atomic E-state index is 6.36. The van der Waals surface area contributed by atoms with Crippen LogP contribution in [-0.2, 0) is 0 Å². The van der Waals surface area contributed by atoms with E-state index < -0.39 is 0 Å². The fourth-order valence-corrected chi connectivity index (χ4v) is 6.33. The quantitative estimate of drug-likeness (QED) is 0.269. The van der Waals surface area contributed by atoms with E-state index in [2.05, 4.69) is 108 Å². The van der Waals surface area contributed by atoms with Crippen LogP contribution in [-0.4, -0.2) is 4.57 Å². The number of thiophene rings is 1. The lowest BCUT2D eigenvalue weighted by Crippen LogP contribution is -1.99. The lowest BCUT2D eigenvalue weighted by atomic mass is 10.00. The van der Waals surface area contributed by atoms with E-state index in [4.69, 9.17) is 5.73 Å². The first kappa shape index (κ1) is 18.5. The average molecular weight is 441 g/mol. The molecule has 2 nitrogen and oxygen atoms in total. The number of hydrogen-bond acceptors (Lipinski definition) is 2. The van der Waals surface area contributed by atoms with E-state index in [9.17, 15) is 0 Å². The molecule has 0 amide bonds. The van der Waals surface area contributed by atoms with Crippen LogP contribution >= 0.6 is 11.3 Å². The molecule has 2 heterocycles. The number of anilines is 1. The first-order chi connectivity index (χ1) is 16.3. The number of nitrogens with zero attached hydrogens (tertiary/aromatic N) is 1. The average Bonchev–Trinajstić information content (AvgIpc) is 3.40. The van der Waals surface area contributed by atoms with Crippen molar-refractivity contribution in [1.82, 2.24) is 4.57 Å². The van der Waals surface area contributed by atoms with Gasteiger partial charge < -0.3 is 10.3 Å². The Balaban J connectivity index is 1.62. The molecule has 0 aliphatic carbocycles. The van der Waals surface area contributed by atoms with Crippen LogP contribution in [0.4, 0.5) is 5.69 Å². The molecule has 0 spiro atoms. The molecule has 5 aromatic carbocycles. The first-order valence-corrected chi connectivity index (χ1v) is 11.9. The van der Waals surface area contributed by atoms with Gasteiger partial charge in [-0.25, -0.2) is 0 Å². The van der Waals surface area contributed by atoms with Gasteiger partial charge in [-0.3, -0.25) is 0 Å². The van der Waals surface area contributed by atoms with E-state index in [1.165, 1.54) is 53.1 Å². The van der Waals surface area contributed by atoms with Crippen LogP contribution in [0, 0.1) is 0 Å². The fourth-order valence-electron chi connectivity index (χ4n) is 5.10. The van der Waals surface area contributed by atoms with Gasteiger partial charge in [0, 0.05) is 47.8 Å². The number of rotatable bonds is 2. The summed E-state index contributed by atoms with van der Waals surface area (Å²) in [5.74, 6) is 0. The van der Waals surface area contributed by atoms with E-state index in [1.807, 2.05) is 17.4 Å². The summed E-state index contributed by atoms with van der Waals surface area (Å²) in [4.78, 5) is 0. The minimum atomic E-state index is 0.763. The molecule has 0 fully saturated rings. The molecular formula is C30H20N2S. The SMILES string of the molecule is Nc1ccc(-c2cccc3c2sc2ccccc23)c(-n2c3ccccc3c3ccccc32)c1. The predicted molar refractivity (Wildman–Crippen MR) is 144 cm³/mol. The Morgan fingerprint density at radius 1 is 0.545 bits per heavy atom. The van der Waals surface area contributed by atoms with Gasteiger partial charge >= 0.3 is 0 Å². The van der Waals surface area contributed by atoms with Crippen LogP contribution in [0.2, 0.25) is 0 Å². The van der Waals surface area contributed by atoms with Gasteiger partial charge in [-0.2, -0.15) is 0 Å². The Kier molecular flexibility index (Phi) is 3.90. The van der Waals surface area contributed by atoms with Crippen molar-refractivity contribution in [3.63, 3.8) is 0 Å². The maximum atomic E-state index is 6.36. The Morgan fingerprint density at radius 3 is 1.94 bits per heavy atom. The topological polar surface area (TPSA) is 30.9 Å². The maximum Gasteiger partial charge on any atom is 0.0561 e. The van der Waals surface area contributed by atoms with Crippen LogP contribution in [0.25, 0.3) is 58.8 Å². The van der Waals surface area contributed by atoms with Crippen molar-refractivity contribution < 1.29 is 0 Å². The van der Waals surface area contributed by atoms with Crippen LogP contribution in [0.1, 0.15) is 0 Å². The molecule has 0 aliphatic rings. The van der Waals surface area contributed by atoms with E-state index in [1.54, 1.807) is 0 Å². The summed E-state index contributed by atoms with van der Waals surface area (Å²) in [5, 5.41) is 5.12. The molecule has 0 saturated heterocycles. The van der Waals surface area contributed by atoms with Crippen LogP contribution in [0.15, 0.2) is 109 Å². The molecule has 0 bridgehead atoms. The second-order valence-corrected chi connectivity index (χ2v) is 9.48. The zero-order valence-corrected chi connectivity index (χ0v) is 18.6. The fraction of sp³-hybridized carbons (Fsp3) is 0. The van der Waals surface area contributed by atoms with Gasteiger partial charge in [-0.05, 0) is 30.3 Å². The van der Waals surface area contributed by atoms with Gasteiger partial charge in [0.25, 0.3) is 0 Å². The molecule has 2 aromatic heterocycles. The van der Waals surface area contributed by atoms with Crippen molar-refractivity contribution in [2.75, 3.05) is 5.73 Å². The highest BCUT2D eigenvalue weighted by Crippen LogP contribution is 2.43. The number of aromatic nitrogens is 1. The highest BCUT2D eigenvalue weighted by molar-refractivity contribution is 7.26. The smallest absolute Gasteiger partial charge is 0.0561 e. The number of para-hydroxylation sites is 2. The molecule has 33 heavy (non-hydrogen) atoms. The summed E-state index contributed by atoms with van der Waals surface area (Å²) in [6, 6.07) is 38.8. The lowest BCUT2D eigenvalue weighted by Gasteiger charge is -2.15. The van der Waals surface area contributed by atoms with Crippen molar-refractivity contribution in [2.45, 2.75) is 0 Å². The summed E-state index contributed by atoms with van der Waals surface area (Å²) in [6.45, 7) is 0. The van der Waals surface area contributed by atoms with Crippen molar-refractivity contribution in [3.8, 4) is 16.8 Å². The Hall–Kier alpha value is -4.08. The van der Waals surface area contributed by atoms with Crippen molar-refractivity contribution in [1.29, 1.82) is 0 Å². The lowest BCUT2D eigenvalue weighted by molar-refractivity contribution is 1.18. The molecule has 0 aliphatic heterocycles. The van der Waals surface area contributed by atoms with Crippen molar-refractivity contribution in [2.24, 2.45) is 0 Å². The molecule has 156 valence electrons. The molecule has 3 heteroatoms. The van der Waals surface area contributed by atoms with Gasteiger partial charge in [0.2, 0.25) is 0 Å². The number of hydrogen-bond donors (Lipinski definition) is 1. The van der Waals surface area contributed by atoms with Gasteiger partial charge in [-0.1, -0.05) is 78.9 Å². The summed E-state index contributed by atoms with van der Waals surface area (Å²) in [5.41, 5.74) is 13.0. The molecule has 0 unspecified atom stereocenters. The molecule has 0 atom stereocenters. The van der Waals surface area contributed by atoms with E-state index in [0.717, 1.165) is 11.4 Å². The Bertz CT molecular complexity index is 1780. The van der Waals surface area contributed by atoms with Crippen molar-refractivity contribution in [3.05, 3.63) is 109 Å². The van der Waals surface area contributed by atoms with Crippen LogP contribution in [0.3, 0.4) is 0 Å². The summed E-state index contributed by atoms with van der Waals surface area (Å²) >= 11 is 1.86. The third kappa shape index (κ3) is 2.66. The van der Waals surface area contributed by atoms with Crippen LogP contribution in [0.5, 0.6) is 0 Å². The molecule has 0 radical (unpaired) electrons. The van der Waals surface area contributed by atoms with Crippen LogP contribution < -0.4 is 5.73 Å². The standard InChI is InChI=1S/C30H20N2S/c31-19-16-17-22(24-11-7-12-25-23-10-3-6-15-29(23)33-30(24)25)28(18-19)32-26-13-4-1-8-20(26)21-9-2-5-14-27(21)32/h1-18H,31H2. The third-order valence-corrected chi connectivity index (χ3v) is 7.76. The molecule has 0 saturated carbocycles. The van der Waals surface area contributed by atoms with E-state index >= 15 is 0 Å². The van der Waals surface area contributed by atoms with Gasteiger partial charge in [0.15, 0.2) is 0 Å². The normalized spacial score (nSPS) is 11.8. The zero-order chi connectivity index (χ0) is 21.9. The molecule has 2 N–H and O–H groups in total. The summed E-state index contributed by atoms with van der Waals surface area (Å²) < 4.78 is 4.99. The summed E-state index contributed by atoms with van der Waals surface area (Å²) in [6.07, 6.45) is 0. The first-order valence-electron chi connectivity index (χ1n) is 11.1. The minimum absolute atomic E-state index is 0.763. The predicted octanol–water partition coefficient (Wildman–Crippen LogP) is 8.40.